The third-order valence-corrected chi connectivity index (χ3v) is 5.27. The number of piperidine rings is 1. The van der Waals surface area contributed by atoms with Crippen molar-refractivity contribution in [3.8, 4) is 0 Å². The van der Waals surface area contributed by atoms with E-state index in [0.29, 0.717) is 6.01 Å². The first-order chi connectivity index (χ1) is 11.8. The molecule has 24 heavy (non-hydrogen) atoms. The molecule has 0 spiro atoms. The minimum atomic E-state index is 0.0209. The monoisotopic (exact) mass is 329 g/mol. The van der Waals surface area contributed by atoms with E-state index in [1.807, 2.05) is 29.2 Å². The van der Waals surface area contributed by atoms with Gasteiger partial charge in [-0.1, -0.05) is 12.1 Å². The molecule has 1 N–H and O–H groups in total. The van der Waals surface area contributed by atoms with Crippen molar-refractivity contribution in [2.75, 3.05) is 31.1 Å². The molecule has 1 atom stereocenters. The average molecular weight is 329 g/mol. The summed E-state index contributed by atoms with van der Waals surface area (Å²) in [7, 11) is 0. The summed E-state index contributed by atoms with van der Waals surface area (Å²) in [5.41, 5.74) is 1.67. The van der Waals surface area contributed by atoms with E-state index in [1.54, 1.807) is 0 Å². The number of fused-ring (bicyclic) bond motifs is 1. The first-order valence-corrected chi connectivity index (χ1v) is 8.78. The lowest BCUT2D eigenvalue weighted by Gasteiger charge is -2.33. The number of hydrogen-bond acceptors (Lipinski definition) is 5. The standard InChI is InChI=1S/C18H23N3O3/c22-12-14-4-3-9-21(14)17(23)13-7-10-20(11-8-13)18-19-15-5-1-2-6-16(15)24-18/h1-2,5-6,13-14,22H,3-4,7-12H2/t14-/m1/s1. The number of aliphatic hydroxyl groups is 1. The van der Waals surface area contributed by atoms with Gasteiger partial charge in [-0.15, -0.1) is 0 Å². The molecule has 4 rings (SSSR count). The van der Waals surface area contributed by atoms with Crippen molar-refractivity contribution in [1.29, 1.82) is 0 Å². The van der Waals surface area contributed by atoms with E-state index in [0.717, 1.165) is 56.4 Å². The first-order valence-electron chi connectivity index (χ1n) is 8.78. The molecule has 0 unspecified atom stereocenters. The Hall–Kier alpha value is -2.08. The zero-order chi connectivity index (χ0) is 16.5. The number of oxazole rings is 1. The number of likely N-dealkylation sites (tertiary alicyclic amines) is 1. The maximum Gasteiger partial charge on any atom is 0.298 e. The zero-order valence-electron chi connectivity index (χ0n) is 13.7. The maximum absolute atomic E-state index is 12.7. The van der Waals surface area contributed by atoms with Crippen molar-refractivity contribution in [1.82, 2.24) is 9.88 Å². The van der Waals surface area contributed by atoms with Crippen molar-refractivity contribution in [3.63, 3.8) is 0 Å². The fourth-order valence-electron chi connectivity index (χ4n) is 3.86. The fraction of sp³-hybridized carbons (Fsp3) is 0.556. The van der Waals surface area contributed by atoms with Gasteiger partial charge in [0.1, 0.15) is 5.52 Å². The highest BCUT2D eigenvalue weighted by Crippen LogP contribution is 2.29. The molecule has 0 aliphatic carbocycles. The highest BCUT2D eigenvalue weighted by molar-refractivity contribution is 5.80. The predicted octanol–water partition coefficient (Wildman–Crippen LogP) is 2.03. The number of aromatic nitrogens is 1. The molecule has 2 fully saturated rings. The van der Waals surface area contributed by atoms with Crippen molar-refractivity contribution in [2.45, 2.75) is 31.7 Å². The number of anilines is 1. The highest BCUT2D eigenvalue weighted by Gasteiger charge is 2.35. The molecule has 2 aliphatic rings. The Kier molecular flexibility index (Phi) is 4.14. The molecule has 6 nitrogen and oxygen atoms in total. The molecule has 0 bridgehead atoms. The van der Waals surface area contributed by atoms with Crippen LogP contribution in [0.2, 0.25) is 0 Å². The summed E-state index contributed by atoms with van der Waals surface area (Å²) in [5, 5.41) is 9.42. The molecule has 2 aliphatic heterocycles. The van der Waals surface area contributed by atoms with Crippen LogP contribution in [0.15, 0.2) is 28.7 Å². The molecule has 0 saturated carbocycles. The number of benzene rings is 1. The lowest BCUT2D eigenvalue weighted by atomic mass is 9.95. The topological polar surface area (TPSA) is 69.8 Å². The van der Waals surface area contributed by atoms with Crippen LogP contribution in [0.5, 0.6) is 0 Å². The predicted molar refractivity (Wildman–Crippen MR) is 90.8 cm³/mol. The number of nitrogens with zero attached hydrogens (tertiary/aromatic N) is 3. The Morgan fingerprint density at radius 2 is 2.00 bits per heavy atom. The van der Waals surface area contributed by atoms with Gasteiger partial charge in [0, 0.05) is 25.6 Å². The van der Waals surface area contributed by atoms with Gasteiger partial charge in [-0.2, -0.15) is 4.98 Å². The van der Waals surface area contributed by atoms with Crippen molar-refractivity contribution in [3.05, 3.63) is 24.3 Å². The third-order valence-electron chi connectivity index (χ3n) is 5.27. The van der Waals surface area contributed by atoms with Crippen LogP contribution < -0.4 is 4.90 Å². The number of carbonyl (C=O) groups is 1. The van der Waals surface area contributed by atoms with Gasteiger partial charge >= 0.3 is 0 Å². The van der Waals surface area contributed by atoms with Crippen molar-refractivity contribution >= 4 is 23.0 Å². The van der Waals surface area contributed by atoms with Gasteiger partial charge in [0.15, 0.2) is 5.58 Å². The Labute approximate surface area is 141 Å². The number of hydrogen-bond donors (Lipinski definition) is 1. The van der Waals surface area contributed by atoms with Gasteiger partial charge in [0.25, 0.3) is 6.01 Å². The summed E-state index contributed by atoms with van der Waals surface area (Å²) >= 11 is 0. The van der Waals surface area contributed by atoms with Gasteiger partial charge in [0.2, 0.25) is 5.91 Å². The van der Waals surface area contributed by atoms with Crippen LogP contribution in [0.4, 0.5) is 6.01 Å². The third kappa shape index (κ3) is 2.75. The molecular formula is C18H23N3O3. The molecule has 1 amide bonds. The van der Waals surface area contributed by atoms with E-state index in [-0.39, 0.29) is 24.5 Å². The molecule has 2 saturated heterocycles. The van der Waals surface area contributed by atoms with E-state index in [1.165, 1.54) is 0 Å². The normalized spacial score (nSPS) is 22.5. The molecule has 128 valence electrons. The summed E-state index contributed by atoms with van der Waals surface area (Å²) in [6.45, 7) is 2.42. The molecular weight excluding hydrogens is 306 g/mol. The molecule has 6 heteroatoms. The Bertz CT molecular complexity index is 688. The highest BCUT2D eigenvalue weighted by atomic mass is 16.4. The summed E-state index contributed by atoms with van der Waals surface area (Å²) in [6.07, 6.45) is 3.54. The lowest BCUT2D eigenvalue weighted by molar-refractivity contribution is -0.137. The van der Waals surface area contributed by atoms with E-state index < -0.39 is 0 Å². The number of amides is 1. The van der Waals surface area contributed by atoms with Crippen LogP contribution >= 0.6 is 0 Å². The van der Waals surface area contributed by atoms with Crippen molar-refractivity contribution in [2.24, 2.45) is 5.92 Å². The average Bonchev–Trinajstić information content (AvgIpc) is 3.27. The first kappa shape index (κ1) is 15.4. The molecule has 1 aromatic carbocycles. The molecule has 2 aromatic rings. The zero-order valence-corrected chi connectivity index (χ0v) is 13.7. The van der Waals surface area contributed by atoms with Crippen LogP contribution in [0, 0.1) is 5.92 Å². The molecule has 1 aromatic heterocycles. The van der Waals surface area contributed by atoms with Gasteiger partial charge in [-0.25, -0.2) is 0 Å². The van der Waals surface area contributed by atoms with Crippen LogP contribution in [-0.2, 0) is 4.79 Å². The maximum atomic E-state index is 12.7. The fourth-order valence-corrected chi connectivity index (χ4v) is 3.86. The van der Waals surface area contributed by atoms with Crippen molar-refractivity contribution < 1.29 is 14.3 Å². The van der Waals surface area contributed by atoms with E-state index in [4.69, 9.17) is 4.42 Å². The number of carbonyl (C=O) groups excluding carboxylic acids is 1. The lowest BCUT2D eigenvalue weighted by Crippen LogP contribution is -2.45. The Morgan fingerprint density at radius 3 is 2.75 bits per heavy atom. The van der Waals surface area contributed by atoms with Crippen LogP contribution in [-0.4, -0.2) is 53.2 Å². The Morgan fingerprint density at radius 1 is 1.21 bits per heavy atom. The second kappa shape index (κ2) is 6.43. The summed E-state index contributed by atoms with van der Waals surface area (Å²) in [6, 6.07) is 8.43. The second-order valence-electron chi connectivity index (χ2n) is 6.74. The van der Waals surface area contributed by atoms with Crippen LogP contribution in [0.1, 0.15) is 25.7 Å². The van der Waals surface area contributed by atoms with E-state index >= 15 is 0 Å². The SMILES string of the molecule is O=C(C1CCN(c2nc3ccccc3o2)CC1)N1CCC[C@@H]1CO. The number of rotatable bonds is 3. The number of para-hydroxylation sites is 2. The summed E-state index contributed by atoms with van der Waals surface area (Å²) in [5.74, 6) is 0.265. The molecule has 0 radical (unpaired) electrons. The molecule has 3 heterocycles. The summed E-state index contributed by atoms with van der Waals surface area (Å²) in [4.78, 5) is 21.3. The van der Waals surface area contributed by atoms with Crippen LogP contribution in [0.3, 0.4) is 0 Å². The minimum absolute atomic E-state index is 0.0209. The van der Waals surface area contributed by atoms with Gasteiger partial charge in [-0.3, -0.25) is 4.79 Å². The minimum Gasteiger partial charge on any atom is -0.423 e. The largest absolute Gasteiger partial charge is 0.423 e. The van der Waals surface area contributed by atoms with E-state index in [9.17, 15) is 9.90 Å². The van der Waals surface area contributed by atoms with Gasteiger partial charge < -0.3 is 19.3 Å². The van der Waals surface area contributed by atoms with Crippen LogP contribution in [0.25, 0.3) is 11.1 Å². The van der Waals surface area contributed by atoms with E-state index in [2.05, 4.69) is 9.88 Å². The number of aliphatic hydroxyl groups excluding tert-OH is 1. The van der Waals surface area contributed by atoms with Gasteiger partial charge in [-0.05, 0) is 37.8 Å². The smallest absolute Gasteiger partial charge is 0.298 e. The van der Waals surface area contributed by atoms with Gasteiger partial charge in [0.05, 0.1) is 12.6 Å². The Balaban J connectivity index is 1.40. The quantitative estimate of drug-likeness (QED) is 0.933. The second-order valence-corrected chi connectivity index (χ2v) is 6.74. The summed E-state index contributed by atoms with van der Waals surface area (Å²) < 4.78 is 5.82.